The van der Waals surface area contributed by atoms with Gasteiger partial charge in [-0.3, -0.25) is 9.59 Å². The van der Waals surface area contributed by atoms with Crippen molar-refractivity contribution in [2.45, 2.75) is 32.7 Å². The second kappa shape index (κ2) is 10.2. The minimum atomic E-state index is -0.250. The van der Waals surface area contributed by atoms with Crippen LogP contribution in [0.15, 0.2) is 66.7 Å². The molecule has 0 radical (unpaired) electrons. The molecule has 0 bridgehead atoms. The summed E-state index contributed by atoms with van der Waals surface area (Å²) in [5.41, 5.74) is 3.82. The fourth-order valence-electron chi connectivity index (χ4n) is 3.26. The average molecular weight is 447 g/mol. The highest BCUT2D eigenvalue weighted by Gasteiger charge is 2.14. The highest BCUT2D eigenvalue weighted by Crippen LogP contribution is 2.26. The van der Waals surface area contributed by atoms with Crippen molar-refractivity contribution in [3.05, 3.63) is 89.0 Å². The summed E-state index contributed by atoms with van der Waals surface area (Å²) in [5.74, 6) is 0.789. The van der Waals surface area contributed by atoms with E-state index in [0.29, 0.717) is 34.9 Å². The van der Waals surface area contributed by atoms with Crippen molar-refractivity contribution in [2.24, 2.45) is 0 Å². The second-order valence-electron chi connectivity index (χ2n) is 8.76. The summed E-state index contributed by atoms with van der Waals surface area (Å²) in [4.78, 5) is 25.1. The van der Waals surface area contributed by atoms with E-state index in [4.69, 9.17) is 9.47 Å². The summed E-state index contributed by atoms with van der Waals surface area (Å²) >= 11 is 0. The normalized spacial score (nSPS) is 10.9. The van der Waals surface area contributed by atoms with Crippen LogP contribution < -0.4 is 20.1 Å². The molecule has 6 heteroatoms. The van der Waals surface area contributed by atoms with Gasteiger partial charge in [-0.15, -0.1) is 0 Å². The van der Waals surface area contributed by atoms with E-state index in [1.807, 2.05) is 36.4 Å². The molecule has 0 saturated carbocycles. The van der Waals surface area contributed by atoms with Crippen molar-refractivity contribution in [3.63, 3.8) is 0 Å². The van der Waals surface area contributed by atoms with Crippen LogP contribution >= 0.6 is 0 Å². The van der Waals surface area contributed by atoms with E-state index in [2.05, 4.69) is 31.4 Å². The number of hydrogen-bond acceptors (Lipinski definition) is 4. The highest BCUT2D eigenvalue weighted by molar-refractivity contribution is 6.04. The SMILES string of the molecule is COc1cc(NC(=O)c2ccc(CNC(=O)c3ccc(C(C)(C)C)cc3)cc2)cc(OC)c1. The molecule has 172 valence electrons. The maximum absolute atomic E-state index is 12.6. The molecule has 0 spiro atoms. The number of amides is 2. The quantitative estimate of drug-likeness (QED) is 0.524. The van der Waals surface area contributed by atoms with E-state index in [0.717, 1.165) is 5.56 Å². The summed E-state index contributed by atoms with van der Waals surface area (Å²) in [6.45, 7) is 6.79. The molecular weight excluding hydrogens is 416 g/mol. The maximum Gasteiger partial charge on any atom is 0.255 e. The number of hydrogen-bond donors (Lipinski definition) is 2. The first-order valence-corrected chi connectivity index (χ1v) is 10.7. The van der Waals surface area contributed by atoms with E-state index < -0.39 is 0 Å². The first-order chi connectivity index (χ1) is 15.7. The van der Waals surface area contributed by atoms with Crippen molar-refractivity contribution in [3.8, 4) is 11.5 Å². The highest BCUT2D eigenvalue weighted by atomic mass is 16.5. The van der Waals surface area contributed by atoms with Crippen LogP contribution in [-0.2, 0) is 12.0 Å². The molecule has 0 atom stereocenters. The Labute approximate surface area is 194 Å². The van der Waals surface area contributed by atoms with Gasteiger partial charge in [-0.25, -0.2) is 0 Å². The smallest absolute Gasteiger partial charge is 0.255 e. The molecule has 0 aliphatic heterocycles. The lowest BCUT2D eigenvalue weighted by Crippen LogP contribution is -2.23. The van der Waals surface area contributed by atoms with Crippen molar-refractivity contribution < 1.29 is 19.1 Å². The van der Waals surface area contributed by atoms with Crippen LogP contribution in [0.25, 0.3) is 0 Å². The predicted molar refractivity (Wildman–Crippen MR) is 130 cm³/mol. The summed E-state index contributed by atoms with van der Waals surface area (Å²) in [6.07, 6.45) is 0. The zero-order valence-electron chi connectivity index (χ0n) is 19.7. The molecule has 0 heterocycles. The number of ether oxygens (including phenoxy) is 2. The fourth-order valence-corrected chi connectivity index (χ4v) is 3.26. The molecule has 0 aliphatic rings. The van der Waals surface area contributed by atoms with Crippen LogP contribution in [0.3, 0.4) is 0 Å². The van der Waals surface area contributed by atoms with Gasteiger partial charge in [0.1, 0.15) is 11.5 Å². The Kier molecular flexibility index (Phi) is 7.38. The molecule has 3 aromatic carbocycles. The zero-order valence-corrected chi connectivity index (χ0v) is 19.7. The fraction of sp³-hybridized carbons (Fsp3) is 0.259. The first-order valence-electron chi connectivity index (χ1n) is 10.7. The van der Waals surface area contributed by atoms with Crippen LogP contribution in [0.1, 0.15) is 52.6 Å². The van der Waals surface area contributed by atoms with Crippen LogP contribution in [0, 0.1) is 0 Å². The zero-order chi connectivity index (χ0) is 24.0. The minimum absolute atomic E-state index is 0.0433. The van der Waals surface area contributed by atoms with Crippen molar-refractivity contribution in [2.75, 3.05) is 19.5 Å². The van der Waals surface area contributed by atoms with Crippen molar-refractivity contribution >= 4 is 17.5 Å². The Morgan fingerprint density at radius 3 is 1.79 bits per heavy atom. The molecule has 3 aromatic rings. The molecule has 0 aliphatic carbocycles. The summed E-state index contributed by atoms with van der Waals surface area (Å²) in [6, 6.07) is 19.9. The molecule has 0 aromatic heterocycles. The van der Waals surface area contributed by atoms with Gasteiger partial charge in [-0.1, -0.05) is 45.0 Å². The first kappa shape index (κ1) is 23.9. The number of rotatable bonds is 7. The molecule has 3 rings (SSSR count). The summed E-state index contributed by atoms with van der Waals surface area (Å²) in [7, 11) is 3.11. The molecular formula is C27H30N2O4. The Hall–Kier alpha value is -3.80. The van der Waals surface area contributed by atoms with Gasteiger partial charge in [0, 0.05) is 41.6 Å². The maximum atomic E-state index is 12.6. The van der Waals surface area contributed by atoms with Gasteiger partial charge in [-0.2, -0.15) is 0 Å². The summed E-state index contributed by atoms with van der Waals surface area (Å²) in [5, 5.41) is 5.77. The second-order valence-corrected chi connectivity index (χ2v) is 8.76. The van der Waals surface area contributed by atoms with E-state index in [-0.39, 0.29) is 17.2 Å². The Morgan fingerprint density at radius 2 is 1.27 bits per heavy atom. The van der Waals surface area contributed by atoms with Gasteiger partial charge < -0.3 is 20.1 Å². The molecule has 2 amide bonds. The average Bonchev–Trinajstić information content (AvgIpc) is 2.82. The topological polar surface area (TPSA) is 76.7 Å². The van der Waals surface area contributed by atoms with E-state index in [9.17, 15) is 9.59 Å². The largest absolute Gasteiger partial charge is 0.497 e. The minimum Gasteiger partial charge on any atom is -0.497 e. The van der Waals surface area contributed by atoms with Crippen molar-refractivity contribution in [1.82, 2.24) is 5.32 Å². The van der Waals surface area contributed by atoms with Crippen molar-refractivity contribution in [1.29, 1.82) is 0 Å². The van der Waals surface area contributed by atoms with E-state index in [1.54, 1.807) is 44.6 Å². The predicted octanol–water partition coefficient (Wildman–Crippen LogP) is 5.18. The monoisotopic (exact) mass is 446 g/mol. The van der Waals surface area contributed by atoms with E-state index in [1.165, 1.54) is 5.56 Å². The molecule has 2 N–H and O–H groups in total. The lowest BCUT2D eigenvalue weighted by atomic mass is 9.87. The van der Waals surface area contributed by atoms with Crippen LogP contribution in [0.2, 0.25) is 0 Å². The third kappa shape index (κ3) is 6.35. The standard InChI is InChI=1S/C27H30N2O4/c1-27(2,3)21-12-10-19(11-13-21)25(30)28-17-18-6-8-20(9-7-18)26(31)29-22-14-23(32-4)16-24(15-22)33-5/h6-16H,17H2,1-5H3,(H,28,30)(H,29,31). The lowest BCUT2D eigenvalue weighted by Gasteiger charge is -2.19. The van der Waals surface area contributed by atoms with Crippen LogP contribution in [-0.4, -0.2) is 26.0 Å². The van der Waals surface area contributed by atoms with Gasteiger partial charge in [0.2, 0.25) is 0 Å². The number of methoxy groups -OCH3 is 2. The lowest BCUT2D eigenvalue weighted by molar-refractivity contribution is 0.0949. The third-order valence-electron chi connectivity index (χ3n) is 5.29. The number of anilines is 1. The molecule has 33 heavy (non-hydrogen) atoms. The number of carbonyl (C=O) groups is 2. The van der Waals surface area contributed by atoms with Gasteiger partial charge in [0.25, 0.3) is 11.8 Å². The third-order valence-corrected chi connectivity index (χ3v) is 5.29. The Bertz CT molecular complexity index is 1090. The van der Waals surface area contributed by atoms with E-state index >= 15 is 0 Å². The molecule has 0 fully saturated rings. The number of nitrogens with one attached hydrogen (secondary N) is 2. The number of carbonyl (C=O) groups excluding carboxylic acids is 2. The molecule has 0 saturated heterocycles. The van der Waals surface area contributed by atoms with Crippen LogP contribution in [0.5, 0.6) is 11.5 Å². The van der Waals surface area contributed by atoms with Gasteiger partial charge >= 0.3 is 0 Å². The molecule has 6 nitrogen and oxygen atoms in total. The van der Waals surface area contributed by atoms with Gasteiger partial charge in [0.15, 0.2) is 0 Å². The molecule has 0 unspecified atom stereocenters. The Balaban J connectivity index is 1.59. The summed E-state index contributed by atoms with van der Waals surface area (Å²) < 4.78 is 10.5. The van der Waals surface area contributed by atoms with Gasteiger partial charge in [0.05, 0.1) is 14.2 Å². The number of benzene rings is 3. The van der Waals surface area contributed by atoms with Crippen LogP contribution in [0.4, 0.5) is 5.69 Å². The Morgan fingerprint density at radius 1 is 0.758 bits per heavy atom. The van der Waals surface area contributed by atoms with Gasteiger partial charge in [-0.05, 0) is 40.8 Å².